The van der Waals surface area contributed by atoms with E-state index in [1.54, 1.807) is 13.0 Å². The van der Waals surface area contributed by atoms with E-state index in [0.29, 0.717) is 30.9 Å². The zero-order chi connectivity index (χ0) is 18.5. The van der Waals surface area contributed by atoms with E-state index in [9.17, 15) is 17.6 Å². The molecule has 1 aliphatic heterocycles. The van der Waals surface area contributed by atoms with Gasteiger partial charge in [-0.05, 0) is 37.6 Å². The number of H-pyrrole nitrogens is 1. The lowest BCUT2D eigenvalue weighted by Gasteiger charge is -2.16. The number of nitrogens with one attached hydrogen (secondary N) is 1. The van der Waals surface area contributed by atoms with Crippen LogP contribution in [0.25, 0.3) is 5.65 Å². The number of benzene rings is 1. The predicted molar refractivity (Wildman–Crippen MR) is 93.1 cm³/mol. The van der Waals surface area contributed by atoms with E-state index in [1.165, 1.54) is 27.0 Å². The maximum absolute atomic E-state index is 13.1. The van der Waals surface area contributed by atoms with Gasteiger partial charge < -0.3 is 0 Å². The van der Waals surface area contributed by atoms with Gasteiger partial charge >= 0.3 is 0 Å². The molecular formula is C17H17FN4O3S. The van der Waals surface area contributed by atoms with Crippen molar-refractivity contribution in [3.63, 3.8) is 0 Å². The number of nitrogens with zero attached hydrogens (tertiary/aromatic N) is 3. The molecule has 1 atom stereocenters. The van der Waals surface area contributed by atoms with Crippen LogP contribution in [0.15, 0.2) is 46.1 Å². The zero-order valence-electron chi connectivity index (χ0n) is 14.0. The number of aryl methyl sites for hydroxylation is 1. The van der Waals surface area contributed by atoms with Crippen LogP contribution in [0.1, 0.15) is 23.7 Å². The molecule has 26 heavy (non-hydrogen) atoms. The summed E-state index contributed by atoms with van der Waals surface area (Å²) < 4.78 is 41.2. The van der Waals surface area contributed by atoms with Gasteiger partial charge in [0.25, 0.3) is 5.56 Å². The molecule has 1 aromatic carbocycles. The molecular weight excluding hydrogens is 359 g/mol. The van der Waals surface area contributed by atoms with Gasteiger partial charge in [0, 0.05) is 42.5 Å². The molecule has 2 aromatic heterocycles. The molecule has 0 saturated carbocycles. The van der Waals surface area contributed by atoms with E-state index < -0.39 is 15.8 Å². The first-order chi connectivity index (χ1) is 12.3. The lowest BCUT2D eigenvalue weighted by molar-refractivity contribution is 0.471. The summed E-state index contributed by atoms with van der Waals surface area (Å²) in [6.45, 7) is 2.40. The molecule has 1 saturated heterocycles. The summed E-state index contributed by atoms with van der Waals surface area (Å²) in [4.78, 5) is 16.4. The van der Waals surface area contributed by atoms with Crippen LogP contribution in [-0.2, 0) is 10.0 Å². The molecule has 0 amide bonds. The number of halogens is 1. The quantitative estimate of drug-likeness (QED) is 0.753. The van der Waals surface area contributed by atoms with Gasteiger partial charge in [0.1, 0.15) is 5.82 Å². The fourth-order valence-corrected chi connectivity index (χ4v) is 4.79. The van der Waals surface area contributed by atoms with Crippen molar-refractivity contribution in [3.05, 3.63) is 64.0 Å². The summed E-state index contributed by atoms with van der Waals surface area (Å²) in [5.74, 6) is -0.541. The fraction of sp³-hybridized carbons (Fsp3) is 0.294. The first-order valence-electron chi connectivity index (χ1n) is 8.19. The largest absolute Gasteiger partial charge is 0.293 e. The van der Waals surface area contributed by atoms with E-state index in [0.717, 1.165) is 17.8 Å². The first kappa shape index (κ1) is 16.9. The summed E-state index contributed by atoms with van der Waals surface area (Å²) in [6.07, 6.45) is 0.626. The molecule has 9 heteroatoms. The maximum Gasteiger partial charge on any atom is 0.272 e. The molecule has 0 radical (unpaired) electrons. The zero-order valence-corrected chi connectivity index (χ0v) is 14.8. The maximum atomic E-state index is 13.1. The highest BCUT2D eigenvalue weighted by Gasteiger charge is 2.34. The summed E-state index contributed by atoms with van der Waals surface area (Å²) >= 11 is 0. The van der Waals surface area contributed by atoms with Gasteiger partial charge in [0.15, 0.2) is 5.65 Å². The number of hydrogen-bond donors (Lipinski definition) is 1. The topological polar surface area (TPSA) is 87.5 Å². The van der Waals surface area contributed by atoms with E-state index in [-0.39, 0.29) is 16.4 Å². The van der Waals surface area contributed by atoms with Gasteiger partial charge in [-0.15, -0.1) is 0 Å². The number of hydrogen-bond acceptors (Lipinski definition) is 4. The van der Waals surface area contributed by atoms with E-state index in [2.05, 4.69) is 10.1 Å². The lowest BCUT2D eigenvalue weighted by Crippen LogP contribution is -2.28. The van der Waals surface area contributed by atoms with Crippen molar-refractivity contribution in [2.24, 2.45) is 0 Å². The highest BCUT2D eigenvalue weighted by Crippen LogP contribution is 2.30. The second-order valence-electron chi connectivity index (χ2n) is 6.44. The molecule has 1 unspecified atom stereocenters. The van der Waals surface area contributed by atoms with Crippen LogP contribution in [0.3, 0.4) is 0 Å². The standard InChI is InChI=1S/C17H17FN4O3S/c1-11-8-17(23)22-16(19-11)9-15(20-22)12-6-7-21(10-12)26(24,25)14-4-2-13(18)3-5-14/h2-5,8-9,12,20H,6-7,10H2,1H3. The average Bonchev–Trinajstić information content (AvgIpc) is 3.22. The third-order valence-electron chi connectivity index (χ3n) is 4.64. The molecule has 0 aliphatic carbocycles. The van der Waals surface area contributed by atoms with Crippen LogP contribution in [0.4, 0.5) is 4.39 Å². The second-order valence-corrected chi connectivity index (χ2v) is 8.38. The molecule has 1 N–H and O–H groups in total. The van der Waals surface area contributed by atoms with Crippen molar-refractivity contribution in [2.45, 2.75) is 24.2 Å². The second kappa shape index (κ2) is 6.03. The minimum atomic E-state index is -3.67. The number of rotatable bonds is 3. The molecule has 4 rings (SSSR count). The van der Waals surface area contributed by atoms with Crippen LogP contribution in [0.5, 0.6) is 0 Å². The van der Waals surface area contributed by atoms with Crippen LogP contribution in [-0.4, -0.2) is 40.4 Å². The molecule has 136 valence electrons. The number of fused-ring (bicyclic) bond motifs is 1. The highest BCUT2D eigenvalue weighted by atomic mass is 32.2. The Balaban J connectivity index is 1.61. The Kier molecular flexibility index (Phi) is 3.92. The molecule has 7 nitrogen and oxygen atoms in total. The summed E-state index contributed by atoms with van der Waals surface area (Å²) in [7, 11) is -3.67. The first-order valence-corrected chi connectivity index (χ1v) is 9.63. The van der Waals surface area contributed by atoms with Gasteiger partial charge in [-0.25, -0.2) is 22.3 Å². The van der Waals surface area contributed by atoms with Gasteiger partial charge in [0.2, 0.25) is 10.0 Å². The minimum Gasteiger partial charge on any atom is -0.293 e. The smallest absolute Gasteiger partial charge is 0.272 e. The summed E-state index contributed by atoms with van der Waals surface area (Å²) in [5.41, 5.74) is 1.72. The number of sulfonamides is 1. The van der Waals surface area contributed by atoms with E-state index in [4.69, 9.17) is 0 Å². The SMILES string of the molecule is Cc1cc(=O)n2[nH]c(C3CCN(S(=O)(=O)c4ccc(F)cc4)C3)cc2n1. The van der Waals surface area contributed by atoms with Crippen LogP contribution < -0.4 is 5.56 Å². The van der Waals surface area contributed by atoms with Gasteiger partial charge in [-0.1, -0.05) is 0 Å². The van der Waals surface area contributed by atoms with E-state index >= 15 is 0 Å². The predicted octanol–water partition coefficient (Wildman–Crippen LogP) is 1.65. The van der Waals surface area contributed by atoms with Crippen molar-refractivity contribution >= 4 is 15.7 Å². The molecule has 0 spiro atoms. The Morgan fingerprint density at radius 2 is 1.96 bits per heavy atom. The Morgan fingerprint density at radius 3 is 2.69 bits per heavy atom. The third kappa shape index (κ3) is 2.82. The van der Waals surface area contributed by atoms with Crippen molar-refractivity contribution < 1.29 is 12.8 Å². The van der Waals surface area contributed by atoms with Crippen molar-refractivity contribution in [1.82, 2.24) is 18.9 Å². The highest BCUT2D eigenvalue weighted by molar-refractivity contribution is 7.89. The Morgan fingerprint density at radius 1 is 1.23 bits per heavy atom. The average molecular weight is 376 g/mol. The van der Waals surface area contributed by atoms with Gasteiger partial charge in [0.05, 0.1) is 4.90 Å². The van der Waals surface area contributed by atoms with Crippen molar-refractivity contribution in [2.75, 3.05) is 13.1 Å². The van der Waals surface area contributed by atoms with Crippen molar-refractivity contribution in [1.29, 1.82) is 0 Å². The third-order valence-corrected chi connectivity index (χ3v) is 6.52. The monoisotopic (exact) mass is 376 g/mol. The summed E-state index contributed by atoms with van der Waals surface area (Å²) in [5, 5.41) is 3.02. The molecule has 1 aliphatic rings. The Labute approximate surface area is 149 Å². The normalized spacial score (nSPS) is 18.6. The fourth-order valence-electron chi connectivity index (χ4n) is 3.29. The van der Waals surface area contributed by atoms with E-state index in [1.807, 2.05) is 0 Å². The van der Waals surface area contributed by atoms with Crippen LogP contribution in [0.2, 0.25) is 0 Å². The molecule has 3 aromatic rings. The molecule has 3 heterocycles. The number of aromatic amines is 1. The molecule has 1 fully saturated rings. The Hall–Kier alpha value is -2.52. The van der Waals surface area contributed by atoms with Gasteiger partial charge in [-0.3, -0.25) is 9.89 Å². The van der Waals surface area contributed by atoms with Crippen LogP contribution >= 0.6 is 0 Å². The molecule has 0 bridgehead atoms. The number of aromatic nitrogens is 3. The summed E-state index contributed by atoms with van der Waals surface area (Å²) in [6, 6.07) is 8.04. The lowest BCUT2D eigenvalue weighted by atomic mass is 10.1. The van der Waals surface area contributed by atoms with Gasteiger partial charge in [-0.2, -0.15) is 4.31 Å². The minimum absolute atomic E-state index is 0.0633. The Bertz CT molecular complexity index is 1140. The van der Waals surface area contributed by atoms with Crippen molar-refractivity contribution in [3.8, 4) is 0 Å². The van der Waals surface area contributed by atoms with Crippen LogP contribution in [0, 0.1) is 12.7 Å².